The number of nitrogens with zero attached hydrogens (tertiary/aromatic N) is 1. The van der Waals surface area contributed by atoms with Gasteiger partial charge >= 0.3 is 0 Å². The number of nitrogens with one attached hydrogen (secondary N) is 1. The van der Waals surface area contributed by atoms with Crippen molar-refractivity contribution >= 4 is 11.3 Å². The zero-order valence-electron chi connectivity index (χ0n) is 8.45. The van der Waals surface area contributed by atoms with E-state index in [9.17, 15) is 0 Å². The summed E-state index contributed by atoms with van der Waals surface area (Å²) in [7, 11) is 1.83. The summed E-state index contributed by atoms with van der Waals surface area (Å²) in [5.74, 6) is 0. The van der Waals surface area contributed by atoms with Crippen LogP contribution in [0.2, 0.25) is 0 Å². The minimum atomic E-state index is 0.0534. The molecule has 14 heavy (non-hydrogen) atoms. The Morgan fingerprint density at radius 2 is 2.36 bits per heavy atom. The maximum Gasteiger partial charge on any atom is 0.0794 e. The molecule has 4 heteroatoms. The molecule has 0 aromatic carbocycles. The predicted molar refractivity (Wildman–Crippen MR) is 57.7 cm³/mol. The normalized spacial score (nSPS) is 20.9. The number of hydrogen-bond donors (Lipinski definition) is 1. The van der Waals surface area contributed by atoms with Gasteiger partial charge in [0.15, 0.2) is 0 Å². The molecule has 0 amide bonds. The molecule has 0 bridgehead atoms. The quantitative estimate of drug-likeness (QED) is 0.823. The highest BCUT2D eigenvalue weighted by atomic mass is 32.1. The maximum absolute atomic E-state index is 5.69. The van der Waals surface area contributed by atoms with E-state index in [1.165, 1.54) is 4.88 Å². The minimum Gasteiger partial charge on any atom is -0.378 e. The van der Waals surface area contributed by atoms with E-state index in [0.29, 0.717) is 0 Å². The van der Waals surface area contributed by atoms with Crippen molar-refractivity contribution in [1.29, 1.82) is 0 Å². The van der Waals surface area contributed by atoms with Crippen LogP contribution in [0.25, 0.3) is 0 Å². The molecule has 2 heterocycles. The second-order valence-corrected chi connectivity index (χ2v) is 4.75. The number of rotatable bonds is 3. The molecule has 1 aromatic heterocycles. The van der Waals surface area contributed by atoms with Gasteiger partial charge in [-0.05, 0) is 25.9 Å². The van der Waals surface area contributed by atoms with E-state index in [0.717, 1.165) is 32.4 Å². The lowest BCUT2D eigenvalue weighted by Crippen LogP contribution is -2.44. The second-order valence-electron chi connectivity index (χ2n) is 3.78. The highest BCUT2D eigenvalue weighted by Crippen LogP contribution is 2.28. The fourth-order valence-electron chi connectivity index (χ4n) is 1.98. The van der Waals surface area contributed by atoms with Crippen LogP contribution in [0.1, 0.15) is 17.7 Å². The van der Waals surface area contributed by atoms with Crippen molar-refractivity contribution in [3.8, 4) is 0 Å². The van der Waals surface area contributed by atoms with Gasteiger partial charge in [0, 0.05) is 24.6 Å². The van der Waals surface area contributed by atoms with E-state index in [1.54, 1.807) is 11.3 Å². The smallest absolute Gasteiger partial charge is 0.0794 e. The average Bonchev–Trinajstić information content (AvgIpc) is 2.72. The van der Waals surface area contributed by atoms with Crippen molar-refractivity contribution in [2.45, 2.75) is 24.9 Å². The van der Waals surface area contributed by atoms with Crippen LogP contribution in [0.15, 0.2) is 11.7 Å². The van der Waals surface area contributed by atoms with Crippen molar-refractivity contribution in [3.05, 3.63) is 16.6 Å². The molecule has 0 spiro atoms. The van der Waals surface area contributed by atoms with E-state index in [1.807, 2.05) is 18.8 Å². The first-order valence-electron chi connectivity index (χ1n) is 4.98. The van der Waals surface area contributed by atoms with Crippen LogP contribution in [0.4, 0.5) is 0 Å². The number of methoxy groups -OCH3 is 1. The molecule has 0 atom stereocenters. The standard InChI is InChI=1S/C10H16N2OS/c1-13-10(2-4-11-5-3-10)6-9-7-12-8-14-9/h7-8,11H,2-6H2,1H3. The van der Waals surface area contributed by atoms with Crippen LogP contribution in [-0.4, -0.2) is 30.8 Å². The molecular weight excluding hydrogens is 196 g/mol. The predicted octanol–water partition coefficient (Wildman–Crippen LogP) is 1.45. The molecule has 1 N–H and O–H groups in total. The Morgan fingerprint density at radius 3 is 2.93 bits per heavy atom. The third kappa shape index (κ3) is 2.13. The highest BCUT2D eigenvalue weighted by molar-refractivity contribution is 7.09. The Kier molecular flexibility index (Phi) is 3.15. The first-order chi connectivity index (χ1) is 6.85. The van der Waals surface area contributed by atoms with Crippen molar-refractivity contribution < 1.29 is 4.74 Å². The molecule has 1 aliphatic rings. The number of aromatic nitrogens is 1. The van der Waals surface area contributed by atoms with E-state index in [4.69, 9.17) is 4.74 Å². The zero-order chi connectivity index (χ0) is 9.86. The van der Waals surface area contributed by atoms with E-state index in [2.05, 4.69) is 10.3 Å². The molecule has 0 aliphatic carbocycles. The van der Waals surface area contributed by atoms with Crippen molar-refractivity contribution in [2.75, 3.05) is 20.2 Å². The van der Waals surface area contributed by atoms with Gasteiger partial charge in [-0.25, -0.2) is 0 Å². The van der Waals surface area contributed by atoms with Gasteiger partial charge in [-0.15, -0.1) is 11.3 Å². The van der Waals surface area contributed by atoms with Crippen LogP contribution in [0.5, 0.6) is 0 Å². The summed E-state index contributed by atoms with van der Waals surface area (Å²) in [6.07, 6.45) is 5.16. The maximum atomic E-state index is 5.69. The van der Waals surface area contributed by atoms with Gasteiger partial charge in [0.2, 0.25) is 0 Å². The summed E-state index contributed by atoms with van der Waals surface area (Å²) >= 11 is 1.72. The van der Waals surface area contributed by atoms with Crippen LogP contribution in [0.3, 0.4) is 0 Å². The highest BCUT2D eigenvalue weighted by Gasteiger charge is 2.32. The lowest BCUT2D eigenvalue weighted by atomic mass is 9.88. The van der Waals surface area contributed by atoms with Crippen molar-refractivity contribution in [2.24, 2.45) is 0 Å². The molecule has 0 radical (unpaired) electrons. The zero-order valence-corrected chi connectivity index (χ0v) is 9.27. The van der Waals surface area contributed by atoms with Gasteiger partial charge in [0.25, 0.3) is 0 Å². The Morgan fingerprint density at radius 1 is 1.57 bits per heavy atom. The number of ether oxygens (including phenoxy) is 1. The summed E-state index contributed by atoms with van der Waals surface area (Å²) < 4.78 is 5.69. The largest absolute Gasteiger partial charge is 0.378 e. The summed E-state index contributed by atoms with van der Waals surface area (Å²) in [5, 5.41) is 3.36. The van der Waals surface area contributed by atoms with Gasteiger partial charge in [0.05, 0.1) is 11.1 Å². The third-order valence-electron chi connectivity index (χ3n) is 2.93. The molecule has 2 rings (SSSR count). The van der Waals surface area contributed by atoms with E-state index >= 15 is 0 Å². The van der Waals surface area contributed by atoms with Gasteiger partial charge in [0.1, 0.15) is 0 Å². The van der Waals surface area contributed by atoms with Crippen molar-refractivity contribution in [3.63, 3.8) is 0 Å². The van der Waals surface area contributed by atoms with Gasteiger partial charge in [-0.1, -0.05) is 0 Å². The number of hydrogen-bond acceptors (Lipinski definition) is 4. The van der Waals surface area contributed by atoms with Crippen LogP contribution in [0, 0.1) is 0 Å². The Hall–Kier alpha value is -0.450. The molecular formula is C10H16N2OS. The summed E-state index contributed by atoms with van der Waals surface area (Å²) in [6, 6.07) is 0. The minimum absolute atomic E-state index is 0.0534. The third-order valence-corrected chi connectivity index (χ3v) is 3.71. The fraction of sp³-hybridized carbons (Fsp3) is 0.700. The molecule has 1 saturated heterocycles. The Bertz CT molecular complexity index is 268. The number of piperidine rings is 1. The fourth-order valence-corrected chi connectivity index (χ4v) is 2.71. The first kappa shape index (κ1) is 10.1. The lowest BCUT2D eigenvalue weighted by molar-refractivity contribution is -0.0328. The molecule has 1 fully saturated rings. The van der Waals surface area contributed by atoms with E-state index in [-0.39, 0.29) is 5.60 Å². The first-order valence-corrected chi connectivity index (χ1v) is 5.86. The van der Waals surface area contributed by atoms with Gasteiger partial charge in [-0.3, -0.25) is 4.98 Å². The second kappa shape index (κ2) is 4.38. The average molecular weight is 212 g/mol. The van der Waals surface area contributed by atoms with Gasteiger partial charge < -0.3 is 10.1 Å². The number of thiazole rings is 1. The monoisotopic (exact) mass is 212 g/mol. The molecule has 0 saturated carbocycles. The van der Waals surface area contributed by atoms with E-state index < -0.39 is 0 Å². The summed E-state index contributed by atoms with van der Waals surface area (Å²) in [6.45, 7) is 2.12. The molecule has 0 unspecified atom stereocenters. The van der Waals surface area contributed by atoms with Crippen LogP contribution < -0.4 is 5.32 Å². The van der Waals surface area contributed by atoms with Crippen LogP contribution in [-0.2, 0) is 11.2 Å². The molecule has 1 aromatic rings. The van der Waals surface area contributed by atoms with Crippen molar-refractivity contribution in [1.82, 2.24) is 10.3 Å². The molecule has 3 nitrogen and oxygen atoms in total. The van der Waals surface area contributed by atoms with Crippen LogP contribution >= 0.6 is 11.3 Å². The molecule has 78 valence electrons. The summed E-state index contributed by atoms with van der Waals surface area (Å²) in [4.78, 5) is 5.43. The topological polar surface area (TPSA) is 34.1 Å². The Labute approximate surface area is 88.5 Å². The lowest BCUT2D eigenvalue weighted by Gasteiger charge is -2.36. The molecule has 1 aliphatic heterocycles. The summed E-state index contributed by atoms with van der Waals surface area (Å²) in [5.41, 5.74) is 1.94. The Balaban J connectivity index is 2.04. The SMILES string of the molecule is COC1(Cc2cncs2)CCNCC1. The van der Waals surface area contributed by atoms with Gasteiger partial charge in [-0.2, -0.15) is 0 Å².